The SMILES string of the molecule is C=CCOC1(C)CCN(c2c(CC(=O)OCC)c(C)nc3cc(COS)nn23)CC1. The monoisotopic (exact) mass is 434 g/mol. The summed E-state index contributed by atoms with van der Waals surface area (Å²) in [6, 6.07) is 1.88. The maximum Gasteiger partial charge on any atom is 0.310 e. The van der Waals surface area contributed by atoms with E-state index in [1.54, 1.807) is 17.5 Å². The molecule has 3 rings (SSSR count). The Labute approximate surface area is 182 Å². The van der Waals surface area contributed by atoms with Gasteiger partial charge in [-0.1, -0.05) is 6.08 Å². The van der Waals surface area contributed by atoms with E-state index in [0.717, 1.165) is 48.7 Å². The number of carbonyl (C=O) groups is 1. The van der Waals surface area contributed by atoms with E-state index in [4.69, 9.17) is 13.7 Å². The molecule has 0 atom stereocenters. The molecular formula is C21H30N4O4S. The summed E-state index contributed by atoms with van der Waals surface area (Å²) >= 11 is 3.84. The summed E-state index contributed by atoms with van der Waals surface area (Å²) in [6.45, 7) is 12.3. The van der Waals surface area contributed by atoms with Crippen LogP contribution in [0.2, 0.25) is 0 Å². The number of fused-ring (bicyclic) bond motifs is 1. The number of hydrogen-bond acceptors (Lipinski definition) is 8. The Balaban J connectivity index is 1.99. The second-order valence-electron chi connectivity index (χ2n) is 7.70. The van der Waals surface area contributed by atoms with Crippen LogP contribution >= 0.6 is 12.9 Å². The second-order valence-corrected chi connectivity index (χ2v) is 7.96. The van der Waals surface area contributed by atoms with E-state index < -0.39 is 0 Å². The predicted octanol–water partition coefficient (Wildman–Crippen LogP) is 3.07. The number of anilines is 1. The first kappa shape index (κ1) is 22.6. The Hall–Kier alpha value is -2.10. The Morgan fingerprint density at radius 3 is 2.77 bits per heavy atom. The minimum Gasteiger partial charge on any atom is -0.466 e. The Kier molecular flexibility index (Phi) is 7.38. The van der Waals surface area contributed by atoms with Crippen molar-refractivity contribution >= 4 is 30.3 Å². The van der Waals surface area contributed by atoms with Gasteiger partial charge in [-0.05, 0) is 46.5 Å². The van der Waals surface area contributed by atoms with Crippen molar-refractivity contribution in [3.8, 4) is 0 Å². The smallest absolute Gasteiger partial charge is 0.310 e. The van der Waals surface area contributed by atoms with Gasteiger partial charge >= 0.3 is 5.97 Å². The van der Waals surface area contributed by atoms with Crippen LogP contribution in [-0.4, -0.2) is 52.5 Å². The maximum absolute atomic E-state index is 12.3. The van der Waals surface area contributed by atoms with Gasteiger partial charge in [0.15, 0.2) is 5.65 Å². The van der Waals surface area contributed by atoms with Crippen LogP contribution in [0.1, 0.15) is 43.6 Å². The van der Waals surface area contributed by atoms with Crippen LogP contribution in [-0.2, 0) is 31.5 Å². The zero-order valence-electron chi connectivity index (χ0n) is 17.9. The normalized spacial score (nSPS) is 16.1. The first-order chi connectivity index (χ1) is 14.4. The van der Waals surface area contributed by atoms with Gasteiger partial charge in [-0.25, -0.2) is 4.98 Å². The van der Waals surface area contributed by atoms with Gasteiger partial charge in [0.2, 0.25) is 0 Å². The van der Waals surface area contributed by atoms with Gasteiger partial charge in [0.25, 0.3) is 0 Å². The fourth-order valence-electron chi connectivity index (χ4n) is 3.80. The summed E-state index contributed by atoms with van der Waals surface area (Å²) in [4.78, 5) is 19.2. The largest absolute Gasteiger partial charge is 0.466 e. The van der Waals surface area contributed by atoms with Crippen molar-refractivity contribution in [1.82, 2.24) is 14.6 Å². The molecule has 2 aromatic rings. The lowest BCUT2D eigenvalue weighted by Crippen LogP contribution is -2.45. The fourth-order valence-corrected chi connectivity index (χ4v) is 3.94. The van der Waals surface area contributed by atoms with Gasteiger partial charge in [0.05, 0.1) is 30.9 Å². The summed E-state index contributed by atoms with van der Waals surface area (Å²) in [6.07, 6.45) is 3.64. The van der Waals surface area contributed by atoms with Crippen molar-refractivity contribution < 1.29 is 18.5 Å². The fraction of sp³-hybridized carbons (Fsp3) is 0.571. The Bertz CT molecular complexity index is 906. The minimum absolute atomic E-state index is 0.150. The molecule has 0 unspecified atom stereocenters. The molecule has 0 amide bonds. The Morgan fingerprint density at radius 1 is 1.40 bits per heavy atom. The molecule has 164 valence electrons. The van der Waals surface area contributed by atoms with Gasteiger partial charge in [-0.3, -0.25) is 4.79 Å². The van der Waals surface area contributed by atoms with E-state index in [0.29, 0.717) is 18.9 Å². The van der Waals surface area contributed by atoms with E-state index in [2.05, 4.69) is 41.4 Å². The molecule has 0 aliphatic carbocycles. The molecule has 1 aliphatic heterocycles. The van der Waals surface area contributed by atoms with Crippen LogP contribution < -0.4 is 4.90 Å². The van der Waals surface area contributed by atoms with Crippen LogP contribution in [0.3, 0.4) is 0 Å². The molecule has 30 heavy (non-hydrogen) atoms. The van der Waals surface area contributed by atoms with E-state index >= 15 is 0 Å². The van der Waals surface area contributed by atoms with E-state index in [9.17, 15) is 4.79 Å². The highest BCUT2D eigenvalue weighted by molar-refractivity contribution is 7.75. The van der Waals surface area contributed by atoms with E-state index in [-0.39, 0.29) is 24.6 Å². The van der Waals surface area contributed by atoms with Crippen LogP contribution in [0.4, 0.5) is 5.82 Å². The number of carbonyl (C=O) groups excluding carboxylic acids is 1. The van der Waals surface area contributed by atoms with Gasteiger partial charge in [0.1, 0.15) is 12.4 Å². The number of esters is 1. The molecule has 1 aliphatic rings. The third kappa shape index (κ3) is 4.96. The van der Waals surface area contributed by atoms with Gasteiger partial charge in [0, 0.05) is 30.4 Å². The number of nitrogens with zero attached hydrogens (tertiary/aromatic N) is 4. The highest BCUT2D eigenvalue weighted by Crippen LogP contribution is 2.32. The summed E-state index contributed by atoms with van der Waals surface area (Å²) < 4.78 is 17.9. The van der Waals surface area contributed by atoms with Crippen molar-refractivity contribution in [2.75, 3.05) is 31.2 Å². The Morgan fingerprint density at radius 2 is 2.13 bits per heavy atom. The lowest BCUT2D eigenvalue weighted by atomic mass is 9.93. The summed E-state index contributed by atoms with van der Waals surface area (Å²) in [5, 5.41) is 4.66. The zero-order chi connectivity index (χ0) is 21.7. The molecule has 1 saturated heterocycles. The standard InChI is InChI=1S/C21H30N4O4S/c1-5-11-28-21(4)7-9-24(10-8-21)20-17(13-19(26)27-6-2)15(3)22-18-12-16(14-29-30)23-25(18)20/h5,12,30H,1,6-11,13-14H2,2-4H3. The molecule has 0 aromatic carbocycles. The minimum atomic E-state index is -0.273. The molecule has 1 fully saturated rings. The second kappa shape index (κ2) is 9.80. The lowest BCUT2D eigenvalue weighted by molar-refractivity contribution is -0.142. The molecule has 3 heterocycles. The highest BCUT2D eigenvalue weighted by Gasteiger charge is 2.33. The number of rotatable bonds is 9. The van der Waals surface area contributed by atoms with E-state index in [1.807, 2.05) is 13.0 Å². The molecule has 0 spiro atoms. The quantitative estimate of drug-likeness (QED) is 0.281. The van der Waals surface area contributed by atoms with Crippen molar-refractivity contribution in [2.45, 2.75) is 52.2 Å². The molecule has 0 saturated carbocycles. The average molecular weight is 435 g/mol. The van der Waals surface area contributed by atoms with Crippen LogP contribution in [0.25, 0.3) is 5.65 Å². The van der Waals surface area contributed by atoms with Crippen molar-refractivity contribution in [3.63, 3.8) is 0 Å². The summed E-state index contributed by atoms with van der Waals surface area (Å²) in [5.41, 5.74) is 2.87. The molecule has 0 bridgehead atoms. The number of hydrogen-bond donors (Lipinski definition) is 1. The van der Waals surface area contributed by atoms with Gasteiger partial charge < -0.3 is 18.6 Å². The molecule has 8 nitrogen and oxygen atoms in total. The molecule has 0 N–H and O–H groups in total. The van der Waals surface area contributed by atoms with Crippen LogP contribution in [0.15, 0.2) is 18.7 Å². The average Bonchev–Trinajstić information content (AvgIpc) is 3.10. The lowest BCUT2D eigenvalue weighted by Gasteiger charge is -2.40. The first-order valence-corrected chi connectivity index (χ1v) is 10.6. The number of thiol groups is 1. The number of aromatic nitrogens is 3. The molecule has 2 aromatic heterocycles. The molecule has 9 heteroatoms. The summed E-state index contributed by atoms with van der Waals surface area (Å²) in [7, 11) is 0. The highest BCUT2D eigenvalue weighted by atomic mass is 32.1. The molecular weight excluding hydrogens is 404 g/mol. The van der Waals surface area contributed by atoms with Crippen LogP contribution in [0.5, 0.6) is 0 Å². The van der Waals surface area contributed by atoms with Crippen LogP contribution in [0, 0.1) is 6.92 Å². The predicted molar refractivity (Wildman–Crippen MR) is 118 cm³/mol. The third-order valence-corrected chi connectivity index (χ3v) is 5.57. The topological polar surface area (TPSA) is 78.2 Å². The first-order valence-electron chi connectivity index (χ1n) is 10.2. The third-order valence-electron chi connectivity index (χ3n) is 5.44. The van der Waals surface area contributed by atoms with Gasteiger partial charge in [-0.2, -0.15) is 9.61 Å². The number of aryl methyl sites for hydroxylation is 1. The van der Waals surface area contributed by atoms with Crippen molar-refractivity contribution in [1.29, 1.82) is 0 Å². The maximum atomic E-state index is 12.3. The molecule has 0 radical (unpaired) electrons. The zero-order valence-corrected chi connectivity index (χ0v) is 18.8. The number of piperidine rings is 1. The van der Waals surface area contributed by atoms with E-state index in [1.165, 1.54) is 0 Å². The van der Waals surface area contributed by atoms with Crippen molar-refractivity contribution in [3.05, 3.63) is 35.7 Å². The van der Waals surface area contributed by atoms with Crippen molar-refractivity contribution in [2.24, 2.45) is 0 Å². The summed E-state index contributed by atoms with van der Waals surface area (Å²) in [5.74, 6) is 0.604. The number of ether oxygens (including phenoxy) is 2. The van der Waals surface area contributed by atoms with Gasteiger partial charge in [-0.15, -0.1) is 6.58 Å².